The maximum Gasteiger partial charge on any atom is 0.232 e. The van der Waals surface area contributed by atoms with Crippen LogP contribution in [0.3, 0.4) is 0 Å². The van der Waals surface area contributed by atoms with E-state index in [1.807, 2.05) is 0 Å². The van der Waals surface area contributed by atoms with E-state index in [1.165, 1.54) is 12.3 Å². The Morgan fingerprint density at radius 1 is 1.12 bits per heavy atom. The normalized spacial score (nSPS) is 11.5. The number of hydrogen-bond donors (Lipinski definition) is 1. The average Bonchev–Trinajstić information content (AvgIpc) is 3.02. The summed E-state index contributed by atoms with van der Waals surface area (Å²) in [5, 5.41) is 9.92. The highest BCUT2D eigenvalue weighted by Crippen LogP contribution is 2.25. The van der Waals surface area contributed by atoms with E-state index in [4.69, 9.17) is 9.15 Å². The van der Waals surface area contributed by atoms with E-state index >= 15 is 0 Å². The van der Waals surface area contributed by atoms with Crippen LogP contribution in [0.2, 0.25) is 0 Å². The van der Waals surface area contributed by atoms with Crippen LogP contribution in [0.5, 0.6) is 5.75 Å². The molecule has 0 spiro atoms. The van der Waals surface area contributed by atoms with Gasteiger partial charge in [0.25, 0.3) is 0 Å². The number of nitrogens with zero attached hydrogens (tertiary/aromatic N) is 1. The molecule has 0 bridgehead atoms. The second-order valence-electron chi connectivity index (χ2n) is 5.97. The lowest BCUT2D eigenvalue weighted by molar-refractivity contribution is 0.0785. The van der Waals surface area contributed by atoms with Gasteiger partial charge in [-0.15, -0.1) is 0 Å². The van der Waals surface area contributed by atoms with E-state index in [0.717, 1.165) is 5.56 Å². The molecule has 0 fully saturated rings. The first-order chi connectivity index (χ1) is 11.4. The Bertz CT molecular complexity index is 819. The minimum Gasteiger partial charge on any atom is -0.484 e. The van der Waals surface area contributed by atoms with Gasteiger partial charge in [0.2, 0.25) is 5.89 Å². The molecule has 0 aliphatic heterocycles. The summed E-state index contributed by atoms with van der Waals surface area (Å²) in [6, 6.07) is 13.5. The van der Waals surface area contributed by atoms with Gasteiger partial charge in [0.05, 0.1) is 17.4 Å². The number of benzene rings is 2. The molecular formula is C19H18FNO3. The molecule has 0 radical (unpaired) electrons. The van der Waals surface area contributed by atoms with Crippen LogP contribution in [-0.4, -0.2) is 10.1 Å². The van der Waals surface area contributed by atoms with Crippen molar-refractivity contribution < 1.29 is 18.7 Å². The van der Waals surface area contributed by atoms with E-state index in [0.29, 0.717) is 23.0 Å². The highest BCUT2D eigenvalue weighted by atomic mass is 19.1. The fraction of sp³-hybridized carbons (Fsp3) is 0.211. The summed E-state index contributed by atoms with van der Waals surface area (Å²) in [6.45, 7) is 3.58. The van der Waals surface area contributed by atoms with Gasteiger partial charge >= 0.3 is 0 Å². The molecule has 0 unspecified atom stereocenters. The molecule has 0 aliphatic rings. The monoisotopic (exact) mass is 327 g/mol. The van der Waals surface area contributed by atoms with Gasteiger partial charge in [-0.3, -0.25) is 0 Å². The maximum absolute atomic E-state index is 13.7. The van der Waals surface area contributed by atoms with Crippen molar-refractivity contribution >= 4 is 0 Å². The Labute approximate surface area is 139 Å². The second kappa shape index (κ2) is 6.45. The van der Waals surface area contributed by atoms with Crippen LogP contribution in [0.15, 0.2) is 59.1 Å². The molecule has 0 atom stereocenters. The molecule has 124 valence electrons. The molecule has 0 amide bonds. The Balaban J connectivity index is 1.67. The first-order valence-electron chi connectivity index (χ1n) is 7.59. The average molecular weight is 327 g/mol. The van der Waals surface area contributed by atoms with Gasteiger partial charge in [0, 0.05) is 0 Å². The van der Waals surface area contributed by atoms with Crippen LogP contribution in [0.25, 0.3) is 11.3 Å². The molecule has 0 saturated heterocycles. The van der Waals surface area contributed by atoms with Crippen LogP contribution >= 0.6 is 0 Å². The molecule has 24 heavy (non-hydrogen) atoms. The Morgan fingerprint density at radius 3 is 2.50 bits per heavy atom. The fourth-order valence-electron chi connectivity index (χ4n) is 2.27. The summed E-state index contributed by atoms with van der Waals surface area (Å²) in [4.78, 5) is 4.11. The van der Waals surface area contributed by atoms with Crippen molar-refractivity contribution in [2.75, 3.05) is 0 Å². The van der Waals surface area contributed by atoms with Crippen molar-refractivity contribution in [1.82, 2.24) is 4.98 Å². The molecule has 3 aromatic rings. The minimum absolute atomic E-state index is 0.135. The van der Waals surface area contributed by atoms with E-state index in [9.17, 15) is 9.50 Å². The molecule has 1 N–H and O–H groups in total. The van der Waals surface area contributed by atoms with Crippen molar-refractivity contribution in [3.63, 3.8) is 0 Å². The minimum atomic E-state index is -0.893. The molecule has 4 nitrogen and oxygen atoms in total. The molecule has 3 rings (SSSR count). The maximum atomic E-state index is 13.7. The van der Waals surface area contributed by atoms with Crippen LogP contribution in [0.1, 0.15) is 25.3 Å². The lowest BCUT2D eigenvalue weighted by Gasteiger charge is -2.17. The van der Waals surface area contributed by atoms with E-state index < -0.39 is 5.60 Å². The molecule has 0 saturated carbocycles. The lowest BCUT2D eigenvalue weighted by Crippen LogP contribution is -2.14. The summed E-state index contributed by atoms with van der Waals surface area (Å²) in [7, 11) is 0. The number of rotatable bonds is 5. The Kier molecular flexibility index (Phi) is 4.36. The summed E-state index contributed by atoms with van der Waals surface area (Å²) < 4.78 is 24.9. The zero-order chi connectivity index (χ0) is 17.2. The Morgan fingerprint density at radius 2 is 1.83 bits per heavy atom. The van der Waals surface area contributed by atoms with Crippen molar-refractivity contribution in [2.45, 2.75) is 26.1 Å². The van der Waals surface area contributed by atoms with Crippen molar-refractivity contribution in [2.24, 2.45) is 0 Å². The smallest absolute Gasteiger partial charge is 0.232 e. The summed E-state index contributed by atoms with van der Waals surface area (Å²) in [6.07, 6.45) is 1.48. The number of aromatic nitrogens is 1. The van der Waals surface area contributed by atoms with Gasteiger partial charge in [-0.05, 0) is 43.7 Å². The fourth-order valence-corrected chi connectivity index (χ4v) is 2.27. The van der Waals surface area contributed by atoms with E-state index in [2.05, 4.69) is 4.98 Å². The first kappa shape index (κ1) is 16.2. The van der Waals surface area contributed by atoms with Crippen molar-refractivity contribution in [3.8, 4) is 17.1 Å². The number of aliphatic hydroxyl groups is 1. The zero-order valence-corrected chi connectivity index (χ0v) is 13.5. The van der Waals surface area contributed by atoms with E-state index in [1.54, 1.807) is 56.3 Å². The quantitative estimate of drug-likeness (QED) is 0.759. The van der Waals surface area contributed by atoms with Crippen molar-refractivity contribution in [3.05, 3.63) is 72.0 Å². The summed E-state index contributed by atoms with van der Waals surface area (Å²) >= 11 is 0. The third-order valence-corrected chi connectivity index (χ3v) is 3.62. The predicted molar refractivity (Wildman–Crippen MR) is 87.9 cm³/mol. The van der Waals surface area contributed by atoms with Crippen molar-refractivity contribution in [1.29, 1.82) is 0 Å². The van der Waals surface area contributed by atoms with Gasteiger partial charge in [-0.2, -0.15) is 0 Å². The molecule has 1 aromatic heterocycles. The predicted octanol–water partition coefficient (Wildman–Crippen LogP) is 4.29. The van der Waals surface area contributed by atoms with Crippen LogP contribution < -0.4 is 4.74 Å². The van der Waals surface area contributed by atoms with Gasteiger partial charge < -0.3 is 14.3 Å². The Hall–Kier alpha value is -2.66. The summed E-state index contributed by atoms with van der Waals surface area (Å²) in [5.41, 5.74) is 0.272. The van der Waals surface area contributed by atoms with Gasteiger partial charge in [-0.1, -0.05) is 24.3 Å². The van der Waals surface area contributed by atoms with Crippen LogP contribution in [-0.2, 0) is 12.2 Å². The third kappa shape index (κ3) is 3.63. The standard InChI is InChI=1S/C19H18FNO3/c1-19(2,22)13-7-9-14(10-8-13)23-12-18-21-11-17(24-18)15-5-3-4-6-16(15)20/h3-11,22H,12H2,1-2H3. The SMILES string of the molecule is CC(C)(O)c1ccc(OCc2ncc(-c3ccccc3F)o2)cc1. The number of halogens is 1. The summed E-state index contributed by atoms with van der Waals surface area (Å²) in [5.74, 6) is 1.00. The number of ether oxygens (including phenoxy) is 1. The van der Waals surface area contributed by atoms with Crippen LogP contribution in [0.4, 0.5) is 4.39 Å². The molecule has 0 aliphatic carbocycles. The molecule has 1 heterocycles. The molecule has 5 heteroatoms. The topological polar surface area (TPSA) is 55.5 Å². The lowest BCUT2D eigenvalue weighted by atomic mass is 9.99. The van der Waals surface area contributed by atoms with Crippen LogP contribution in [0, 0.1) is 5.82 Å². The first-order valence-corrected chi connectivity index (χ1v) is 7.59. The highest BCUT2D eigenvalue weighted by Gasteiger charge is 2.15. The number of oxazole rings is 1. The molecular weight excluding hydrogens is 309 g/mol. The zero-order valence-electron chi connectivity index (χ0n) is 13.5. The molecule has 2 aromatic carbocycles. The van der Waals surface area contributed by atoms with Gasteiger partial charge in [0.15, 0.2) is 12.4 Å². The third-order valence-electron chi connectivity index (χ3n) is 3.62. The highest BCUT2D eigenvalue weighted by molar-refractivity contribution is 5.56. The number of hydrogen-bond acceptors (Lipinski definition) is 4. The van der Waals surface area contributed by atoms with Gasteiger partial charge in [-0.25, -0.2) is 9.37 Å². The van der Waals surface area contributed by atoms with Gasteiger partial charge in [0.1, 0.15) is 11.6 Å². The second-order valence-corrected chi connectivity index (χ2v) is 5.97. The largest absolute Gasteiger partial charge is 0.484 e. The van der Waals surface area contributed by atoms with E-state index in [-0.39, 0.29) is 12.4 Å².